The summed E-state index contributed by atoms with van der Waals surface area (Å²) >= 11 is 0. The highest BCUT2D eigenvalue weighted by Crippen LogP contribution is 2.17. The predicted octanol–water partition coefficient (Wildman–Crippen LogP) is 2.16. The van der Waals surface area contributed by atoms with E-state index >= 15 is 0 Å². The molecule has 1 heterocycles. The number of hydrogen-bond donors (Lipinski definition) is 2. The number of carboxylic acid groups (broad SMARTS) is 1. The first kappa shape index (κ1) is 15.8. The third-order valence-electron chi connectivity index (χ3n) is 3.39. The molecule has 0 fully saturated rings. The highest BCUT2D eigenvalue weighted by molar-refractivity contribution is 5.94. The fraction of sp³-hybridized carbons (Fsp3) is 0.312. The Labute approximate surface area is 128 Å². The first-order valence-corrected chi connectivity index (χ1v) is 7.11. The lowest BCUT2D eigenvalue weighted by Gasteiger charge is -2.17. The lowest BCUT2D eigenvalue weighted by molar-refractivity contribution is -0.137. The summed E-state index contributed by atoms with van der Waals surface area (Å²) in [6.07, 6.45) is 3.57. The Kier molecular flexibility index (Phi) is 4.93. The smallest absolute Gasteiger partial charge is 0.325 e. The summed E-state index contributed by atoms with van der Waals surface area (Å²) in [5.74, 6) is -1.26. The summed E-state index contributed by atoms with van der Waals surface area (Å²) in [7, 11) is 0. The van der Waals surface area contributed by atoms with Crippen LogP contribution in [0.5, 0.6) is 0 Å². The summed E-state index contributed by atoms with van der Waals surface area (Å²) in [6.45, 7) is 3.75. The zero-order valence-electron chi connectivity index (χ0n) is 12.6. The SMILES string of the molecule is CCC(NC(=O)c1cnn(CC(=O)O)c1)c1ccc(C)cc1. The van der Waals surface area contributed by atoms with Gasteiger partial charge in [0.15, 0.2) is 0 Å². The minimum Gasteiger partial charge on any atom is -0.480 e. The molecule has 0 radical (unpaired) electrons. The number of aromatic nitrogens is 2. The lowest BCUT2D eigenvalue weighted by atomic mass is 10.0. The van der Waals surface area contributed by atoms with E-state index in [0.717, 1.165) is 12.0 Å². The molecule has 2 N–H and O–H groups in total. The molecule has 1 amide bonds. The number of aryl methyl sites for hydroxylation is 1. The van der Waals surface area contributed by atoms with E-state index in [4.69, 9.17) is 5.11 Å². The molecular formula is C16H19N3O3. The molecule has 0 spiro atoms. The molecule has 2 aromatic rings. The summed E-state index contributed by atoms with van der Waals surface area (Å²) in [5, 5.41) is 15.5. The maximum absolute atomic E-state index is 12.2. The van der Waals surface area contributed by atoms with Gasteiger partial charge in [-0.15, -0.1) is 0 Å². The average molecular weight is 301 g/mol. The first-order valence-electron chi connectivity index (χ1n) is 7.11. The van der Waals surface area contributed by atoms with Crippen LogP contribution in [0.3, 0.4) is 0 Å². The van der Waals surface area contributed by atoms with Crippen LogP contribution in [-0.4, -0.2) is 26.8 Å². The first-order chi connectivity index (χ1) is 10.5. The maximum Gasteiger partial charge on any atom is 0.325 e. The predicted molar refractivity (Wildman–Crippen MR) is 81.5 cm³/mol. The molecule has 1 atom stereocenters. The van der Waals surface area contributed by atoms with Crippen molar-refractivity contribution in [1.82, 2.24) is 15.1 Å². The van der Waals surface area contributed by atoms with E-state index in [1.807, 2.05) is 38.1 Å². The van der Waals surface area contributed by atoms with Gasteiger partial charge in [0.2, 0.25) is 0 Å². The second-order valence-electron chi connectivity index (χ2n) is 5.17. The molecule has 0 aliphatic rings. The Balaban J connectivity index is 2.07. The van der Waals surface area contributed by atoms with Gasteiger partial charge in [-0.2, -0.15) is 5.10 Å². The Hall–Kier alpha value is -2.63. The van der Waals surface area contributed by atoms with Crippen molar-refractivity contribution in [3.05, 3.63) is 53.3 Å². The molecule has 1 unspecified atom stereocenters. The fourth-order valence-corrected chi connectivity index (χ4v) is 2.17. The molecule has 0 bridgehead atoms. The van der Waals surface area contributed by atoms with Gasteiger partial charge in [0.05, 0.1) is 17.8 Å². The molecule has 116 valence electrons. The molecule has 22 heavy (non-hydrogen) atoms. The van der Waals surface area contributed by atoms with E-state index in [0.29, 0.717) is 5.56 Å². The molecule has 2 rings (SSSR count). The monoisotopic (exact) mass is 301 g/mol. The van der Waals surface area contributed by atoms with Crippen molar-refractivity contribution in [2.45, 2.75) is 32.9 Å². The summed E-state index contributed by atoms with van der Waals surface area (Å²) in [6, 6.07) is 7.93. The second-order valence-corrected chi connectivity index (χ2v) is 5.17. The molecule has 0 saturated carbocycles. The molecule has 1 aromatic heterocycles. The van der Waals surface area contributed by atoms with Crippen LogP contribution in [-0.2, 0) is 11.3 Å². The van der Waals surface area contributed by atoms with Crippen molar-refractivity contribution < 1.29 is 14.7 Å². The van der Waals surface area contributed by atoms with E-state index in [1.54, 1.807) is 0 Å². The number of carbonyl (C=O) groups excluding carboxylic acids is 1. The van der Waals surface area contributed by atoms with Crippen molar-refractivity contribution in [3.8, 4) is 0 Å². The van der Waals surface area contributed by atoms with E-state index in [2.05, 4.69) is 10.4 Å². The number of rotatable bonds is 6. The van der Waals surface area contributed by atoms with Gasteiger partial charge in [0.25, 0.3) is 5.91 Å². The molecule has 0 aliphatic carbocycles. The van der Waals surface area contributed by atoms with Crippen LogP contribution in [0.15, 0.2) is 36.7 Å². The number of carboxylic acids is 1. The zero-order chi connectivity index (χ0) is 16.1. The van der Waals surface area contributed by atoms with E-state index in [-0.39, 0.29) is 18.5 Å². The van der Waals surface area contributed by atoms with Gasteiger partial charge in [-0.1, -0.05) is 36.8 Å². The third kappa shape index (κ3) is 3.94. The minimum atomic E-state index is -0.999. The van der Waals surface area contributed by atoms with Gasteiger partial charge < -0.3 is 10.4 Å². The third-order valence-corrected chi connectivity index (χ3v) is 3.39. The molecular weight excluding hydrogens is 282 g/mol. The lowest BCUT2D eigenvalue weighted by Crippen LogP contribution is -2.27. The number of carbonyl (C=O) groups is 2. The second kappa shape index (κ2) is 6.89. The topological polar surface area (TPSA) is 84.2 Å². The van der Waals surface area contributed by atoms with Crippen molar-refractivity contribution in [3.63, 3.8) is 0 Å². The number of nitrogens with one attached hydrogen (secondary N) is 1. The van der Waals surface area contributed by atoms with Crippen molar-refractivity contribution in [2.24, 2.45) is 0 Å². The normalized spacial score (nSPS) is 11.9. The highest BCUT2D eigenvalue weighted by atomic mass is 16.4. The van der Waals surface area contributed by atoms with Gasteiger partial charge >= 0.3 is 5.97 Å². The largest absolute Gasteiger partial charge is 0.480 e. The van der Waals surface area contributed by atoms with Crippen LogP contribution in [0.4, 0.5) is 0 Å². The van der Waals surface area contributed by atoms with Crippen LogP contribution in [0, 0.1) is 6.92 Å². The molecule has 6 nitrogen and oxygen atoms in total. The number of nitrogens with zero attached hydrogens (tertiary/aromatic N) is 2. The maximum atomic E-state index is 12.2. The van der Waals surface area contributed by atoms with Crippen LogP contribution in [0.2, 0.25) is 0 Å². The molecule has 0 saturated heterocycles. The summed E-state index contributed by atoms with van der Waals surface area (Å²) in [4.78, 5) is 22.9. The van der Waals surface area contributed by atoms with Crippen molar-refractivity contribution in [1.29, 1.82) is 0 Å². The molecule has 6 heteroatoms. The number of hydrogen-bond acceptors (Lipinski definition) is 3. The summed E-state index contributed by atoms with van der Waals surface area (Å²) in [5.41, 5.74) is 2.56. The average Bonchev–Trinajstić information content (AvgIpc) is 2.93. The Morgan fingerprint density at radius 3 is 2.59 bits per heavy atom. The molecule has 0 aliphatic heterocycles. The number of aliphatic carboxylic acids is 1. The van der Waals surface area contributed by atoms with Crippen molar-refractivity contribution >= 4 is 11.9 Å². The summed E-state index contributed by atoms with van der Waals surface area (Å²) < 4.78 is 1.23. The Morgan fingerprint density at radius 2 is 2.00 bits per heavy atom. The Bertz CT molecular complexity index is 662. The van der Waals surface area contributed by atoms with Gasteiger partial charge in [0.1, 0.15) is 6.54 Å². The minimum absolute atomic E-state index is 0.0871. The van der Waals surface area contributed by atoms with Gasteiger partial charge in [0, 0.05) is 6.20 Å². The van der Waals surface area contributed by atoms with Gasteiger partial charge in [-0.25, -0.2) is 0 Å². The Morgan fingerprint density at radius 1 is 1.32 bits per heavy atom. The van der Waals surface area contributed by atoms with E-state index in [1.165, 1.54) is 22.6 Å². The number of benzene rings is 1. The van der Waals surface area contributed by atoms with Crippen LogP contribution in [0.1, 0.15) is 40.9 Å². The van der Waals surface area contributed by atoms with E-state index < -0.39 is 5.97 Å². The van der Waals surface area contributed by atoms with Crippen LogP contribution < -0.4 is 5.32 Å². The molecule has 1 aromatic carbocycles. The quantitative estimate of drug-likeness (QED) is 0.856. The van der Waals surface area contributed by atoms with Gasteiger partial charge in [-0.3, -0.25) is 14.3 Å². The fourth-order valence-electron chi connectivity index (χ4n) is 2.17. The van der Waals surface area contributed by atoms with Crippen LogP contribution >= 0.6 is 0 Å². The van der Waals surface area contributed by atoms with Crippen molar-refractivity contribution in [2.75, 3.05) is 0 Å². The van der Waals surface area contributed by atoms with Crippen LogP contribution in [0.25, 0.3) is 0 Å². The highest BCUT2D eigenvalue weighted by Gasteiger charge is 2.15. The van der Waals surface area contributed by atoms with Gasteiger partial charge in [-0.05, 0) is 18.9 Å². The number of amides is 1. The zero-order valence-corrected chi connectivity index (χ0v) is 12.6. The van der Waals surface area contributed by atoms with E-state index in [9.17, 15) is 9.59 Å². The standard InChI is InChI=1S/C16H19N3O3/c1-3-14(12-6-4-11(2)5-7-12)18-16(22)13-8-17-19(9-13)10-15(20)21/h4-9,14H,3,10H2,1-2H3,(H,18,22)(H,20,21).